The molecule has 0 saturated heterocycles. The molecule has 0 unspecified atom stereocenters. The van der Waals surface area contributed by atoms with Crippen LogP contribution in [0.25, 0.3) is 11.4 Å². The third kappa shape index (κ3) is 4.55. The van der Waals surface area contributed by atoms with E-state index in [9.17, 15) is 4.79 Å². The van der Waals surface area contributed by atoms with Crippen LogP contribution in [0.5, 0.6) is 0 Å². The van der Waals surface area contributed by atoms with E-state index >= 15 is 0 Å². The first-order chi connectivity index (χ1) is 14.1. The molecule has 0 spiro atoms. The Hall–Kier alpha value is -3.39. The van der Waals surface area contributed by atoms with Crippen LogP contribution in [0.15, 0.2) is 72.1 Å². The number of aromatic nitrogens is 5. The first kappa shape index (κ1) is 18.9. The lowest BCUT2D eigenvalue weighted by molar-refractivity contribution is -0.113. The number of rotatable bonds is 6. The topological polar surface area (TPSA) is 77.6 Å². The first-order valence-corrected chi connectivity index (χ1v) is 10.1. The molecular weight excluding hydrogens is 384 g/mol. The molecule has 8 heteroatoms. The monoisotopic (exact) mass is 404 g/mol. The van der Waals surface area contributed by atoms with E-state index in [1.807, 2.05) is 74.5 Å². The third-order valence-electron chi connectivity index (χ3n) is 4.20. The molecule has 2 heterocycles. The van der Waals surface area contributed by atoms with Gasteiger partial charge in [-0.1, -0.05) is 47.7 Å². The van der Waals surface area contributed by atoms with Crippen molar-refractivity contribution in [2.45, 2.75) is 19.0 Å². The quantitative estimate of drug-likeness (QED) is 0.495. The Morgan fingerprint density at radius 3 is 2.52 bits per heavy atom. The molecule has 2 aromatic heterocycles. The summed E-state index contributed by atoms with van der Waals surface area (Å²) in [5, 5.41) is 12.4. The molecule has 146 valence electrons. The van der Waals surface area contributed by atoms with Gasteiger partial charge in [-0.25, -0.2) is 14.3 Å². The molecule has 2 aromatic carbocycles. The van der Waals surface area contributed by atoms with E-state index in [1.54, 1.807) is 15.7 Å². The van der Waals surface area contributed by atoms with Gasteiger partial charge in [0.1, 0.15) is 12.1 Å². The molecule has 0 radical (unpaired) electrons. The number of hydrogen-bond acceptors (Lipinski definition) is 5. The van der Waals surface area contributed by atoms with E-state index in [0.29, 0.717) is 11.0 Å². The normalized spacial score (nSPS) is 10.8. The average molecular weight is 404 g/mol. The van der Waals surface area contributed by atoms with Crippen LogP contribution in [0.1, 0.15) is 11.3 Å². The van der Waals surface area contributed by atoms with Crippen LogP contribution >= 0.6 is 11.8 Å². The maximum absolute atomic E-state index is 12.5. The van der Waals surface area contributed by atoms with Crippen molar-refractivity contribution in [2.75, 3.05) is 11.1 Å². The van der Waals surface area contributed by atoms with Gasteiger partial charge in [0.15, 0.2) is 0 Å². The first-order valence-electron chi connectivity index (χ1n) is 9.12. The lowest BCUT2D eigenvalue weighted by Crippen LogP contribution is -2.17. The van der Waals surface area contributed by atoms with Crippen molar-refractivity contribution in [2.24, 2.45) is 0 Å². The molecular formula is C21H20N6OS. The van der Waals surface area contributed by atoms with Gasteiger partial charge < -0.3 is 5.32 Å². The van der Waals surface area contributed by atoms with Crippen LogP contribution in [0, 0.1) is 13.8 Å². The second kappa shape index (κ2) is 8.32. The largest absolute Gasteiger partial charge is 0.310 e. The Bertz CT molecular complexity index is 1120. The van der Waals surface area contributed by atoms with Gasteiger partial charge in [0.05, 0.1) is 22.8 Å². The number of hydrogen-bond donors (Lipinski definition) is 1. The zero-order valence-corrected chi connectivity index (χ0v) is 16.9. The maximum Gasteiger partial charge on any atom is 0.236 e. The predicted octanol–water partition coefficient (Wildman–Crippen LogP) is 3.80. The lowest BCUT2D eigenvalue weighted by atomic mass is 10.2. The summed E-state index contributed by atoms with van der Waals surface area (Å²) in [7, 11) is 0. The van der Waals surface area contributed by atoms with Crippen LogP contribution < -0.4 is 5.32 Å². The van der Waals surface area contributed by atoms with E-state index in [4.69, 9.17) is 0 Å². The zero-order valence-electron chi connectivity index (χ0n) is 16.1. The Kier molecular flexibility index (Phi) is 5.44. The molecule has 4 aromatic rings. The third-order valence-corrected chi connectivity index (χ3v) is 5.05. The maximum atomic E-state index is 12.5. The minimum absolute atomic E-state index is 0.140. The van der Waals surface area contributed by atoms with Crippen LogP contribution in [0.3, 0.4) is 0 Å². The smallest absolute Gasteiger partial charge is 0.236 e. The van der Waals surface area contributed by atoms with Gasteiger partial charge in [-0.05, 0) is 38.1 Å². The van der Waals surface area contributed by atoms with Crippen LogP contribution in [-0.2, 0) is 4.79 Å². The molecule has 0 bridgehead atoms. The van der Waals surface area contributed by atoms with Crippen LogP contribution in [0.4, 0.5) is 5.82 Å². The number of amides is 1. The van der Waals surface area contributed by atoms with E-state index in [-0.39, 0.29) is 11.7 Å². The molecule has 1 amide bonds. The van der Waals surface area contributed by atoms with Crippen molar-refractivity contribution in [1.29, 1.82) is 0 Å². The lowest BCUT2D eigenvalue weighted by Gasteiger charge is -2.08. The number of carbonyl (C=O) groups excluding carboxylic acids is 1. The fourth-order valence-corrected chi connectivity index (χ4v) is 3.40. The minimum atomic E-state index is -0.140. The number of carbonyl (C=O) groups is 1. The van der Waals surface area contributed by atoms with Crippen molar-refractivity contribution in [3.8, 4) is 11.4 Å². The highest BCUT2D eigenvalue weighted by molar-refractivity contribution is 7.99. The van der Waals surface area contributed by atoms with Gasteiger partial charge in [0, 0.05) is 6.07 Å². The van der Waals surface area contributed by atoms with Crippen molar-refractivity contribution in [3.63, 3.8) is 0 Å². The van der Waals surface area contributed by atoms with Gasteiger partial charge in [0.2, 0.25) is 11.1 Å². The molecule has 29 heavy (non-hydrogen) atoms. The van der Waals surface area contributed by atoms with Crippen molar-refractivity contribution in [1.82, 2.24) is 24.5 Å². The number of thioether (sulfide) groups is 1. The summed E-state index contributed by atoms with van der Waals surface area (Å²) in [6, 6.07) is 19.6. The molecule has 0 fully saturated rings. The molecule has 0 aliphatic rings. The highest BCUT2D eigenvalue weighted by atomic mass is 32.2. The Morgan fingerprint density at radius 1 is 1.00 bits per heavy atom. The Balaban J connectivity index is 1.41. The standard InChI is InChI=1S/C21H20N6OS/c1-15-8-10-18(11-9-15)27-19(12-16(2)24-27)23-20(28)13-29-21-22-14-26(25-21)17-6-4-3-5-7-17/h3-12,14H,13H2,1-2H3,(H,23,28). The Labute approximate surface area is 172 Å². The summed E-state index contributed by atoms with van der Waals surface area (Å²) in [6.45, 7) is 3.93. The van der Waals surface area contributed by atoms with E-state index in [0.717, 1.165) is 17.1 Å². The molecule has 4 rings (SSSR count). The number of benzene rings is 2. The number of nitrogens with zero attached hydrogens (tertiary/aromatic N) is 5. The molecule has 0 saturated carbocycles. The van der Waals surface area contributed by atoms with Gasteiger partial charge in [0.25, 0.3) is 0 Å². The van der Waals surface area contributed by atoms with Gasteiger partial charge in [-0.2, -0.15) is 5.10 Å². The highest BCUT2D eigenvalue weighted by Crippen LogP contribution is 2.19. The summed E-state index contributed by atoms with van der Waals surface area (Å²) in [5.41, 5.74) is 3.82. The number of nitrogens with one attached hydrogen (secondary N) is 1. The zero-order chi connectivity index (χ0) is 20.2. The van der Waals surface area contributed by atoms with E-state index in [1.165, 1.54) is 17.3 Å². The predicted molar refractivity (Wildman–Crippen MR) is 114 cm³/mol. The summed E-state index contributed by atoms with van der Waals surface area (Å²) < 4.78 is 3.43. The summed E-state index contributed by atoms with van der Waals surface area (Å²) in [6.07, 6.45) is 1.64. The van der Waals surface area contributed by atoms with E-state index in [2.05, 4.69) is 20.5 Å². The van der Waals surface area contributed by atoms with Crippen molar-refractivity contribution in [3.05, 3.63) is 78.2 Å². The number of para-hydroxylation sites is 1. The molecule has 1 N–H and O–H groups in total. The van der Waals surface area contributed by atoms with Crippen molar-refractivity contribution < 1.29 is 4.79 Å². The molecule has 7 nitrogen and oxygen atoms in total. The summed E-state index contributed by atoms with van der Waals surface area (Å²) in [4.78, 5) is 16.7. The Morgan fingerprint density at radius 2 is 1.76 bits per heavy atom. The second-order valence-electron chi connectivity index (χ2n) is 6.56. The summed E-state index contributed by atoms with van der Waals surface area (Å²) >= 11 is 1.29. The summed E-state index contributed by atoms with van der Waals surface area (Å²) in [5.74, 6) is 0.704. The van der Waals surface area contributed by atoms with E-state index < -0.39 is 0 Å². The average Bonchev–Trinajstić information content (AvgIpc) is 3.34. The van der Waals surface area contributed by atoms with Gasteiger partial charge in [-0.3, -0.25) is 4.79 Å². The van der Waals surface area contributed by atoms with Crippen LogP contribution in [0.2, 0.25) is 0 Å². The SMILES string of the molecule is Cc1ccc(-n2nc(C)cc2NC(=O)CSc2ncn(-c3ccccc3)n2)cc1. The van der Waals surface area contributed by atoms with Crippen LogP contribution in [-0.4, -0.2) is 36.2 Å². The fraction of sp³-hybridized carbons (Fsp3) is 0.143. The second-order valence-corrected chi connectivity index (χ2v) is 7.50. The molecule has 0 aliphatic carbocycles. The fourth-order valence-electron chi connectivity index (χ4n) is 2.80. The van der Waals surface area contributed by atoms with Crippen molar-refractivity contribution >= 4 is 23.5 Å². The minimum Gasteiger partial charge on any atom is -0.310 e. The van der Waals surface area contributed by atoms with Gasteiger partial charge >= 0.3 is 0 Å². The number of aryl methyl sites for hydroxylation is 2. The van der Waals surface area contributed by atoms with Gasteiger partial charge in [-0.15, -0.1) is 5.10 Å². The highest BCUT2D eigenvalue weighted by Gasteiger charge is 2.12. The number of anilines is 1. The molecule has 0 atom stereocenters. The molecule has 0 aliphatic heterocycles.